The number of hydrogen-bond donors (Lipinski definition) is 2. The van der Waals surface area contributed by atoms with Gasteiger partial charge in [-0.15, -0.1) is 0 Å². The lowest BCUT2D eigenvalue weighted by Gasteiger charge is -2.16. The second-order valence-electron chi connectivity index (χ2n) is 5.42. The van der Waals surface area contributed by atoms with E-state index in [2.05, 4.69) is 4.98 Å². The summed E-state index contributed by atoms with van der Waals surface area (Å²) in [6.45, 7) is 0.145. The number of nitrogens with zero attached hydrogens (tertiary/aromatic N) is 2. The van der Waals surface area contributed by atoms with Crippen LogP contribution >= 0.6 is 0 Å². The van der Waals surface area contributed by atoms with Gasteiger partial charge in [-0.2, -0.15) is 4.98 Å². The van der Waals surface area contributed by atoms with Crippen LogP contribution in [0.15, 0.2) is 17.1 Å². The molecule has 2 heterocycles. The molecular formula is C14H18FN3O7. The van der Waals surface area contributed by atoms with Gasteiger partial charge >= 0.3 is 11.7 Å². The Morgan fingerprint density at radius 1 is 1.48 bits per heavy atom. The number of carbonyl (C=O) groups is 2. The number of anilines is 1. The van der Waals surface area contributed by atoms with Crippen molar-refractivity contribution in [1.82, 2.24) is 9.55 Å². The van der Waals surface area contributed by atoms with Gasteiger partial charge in [0, 0.05) is 6.20 Å². The van der Waals surface area contributed by atoms with Gasteiger partial charge in [0.2, 0.25) is 0 Å². The lowest BCUT2D eigenvalue weighted by Crippen LogP contribution is -2.34. The second-order valence-corrected chi connectivity index (χ2v) is 5.42. The molecule has 0 amide bonds. The average molecular weight is 359 g/mol. The molecule has 1 aromatic rings. The highest BCUT2D eigenvalue weighted by atomic mass is 19.1. The number of nitrogen functional groups attached to an aromatic ring is 1. The summed E-state index contributed by atoms with van der Waals surface area (Å²) in [5.41, 5.74) is 4.52. The molecule has 138 valence electrons. The molecule has 0 saturated carbocycles. The number of aromatic nitrogens is 2. The van der Waals surface area contributed by atoms with Gasteiger partial charge in [-0.25, -0.2) is 14.0 Å². The van der Waals surface area contributed by atoms with Crippen molar-refractivity contribution in [3.05, 3.63) is 22.7 Å². The molecule has 1 aromatic heterocycles. The summed E-state index contributed by atoms with van der Waals surface area (Å²) in [4.78, 5) is 37.3. The Morgan fingerprint density at radius 2 is 2.20 bits per heavy atom. The fourth-order valence-corrected chi connectivity index (χ4v) is 2.18. The summed E-state index contributed by atoms with van der Waals surface area (Å²) in [5.74, 6) is -1.10. The van der Waals surface area contributed by atoms with E-state index in [0.29, 0.717) is 0 Å². The third-order valence-electron chi connectivity index (χ3n) is 3.35. The zero-order valence-corrected chi connectivity index (χ0v) is 13.3. The molecular weight excluding hydrogens is 341 g/mol. The summed E-state index contributed by atoms with van der Waals surface area (Å²) < 4.78 is 29.9. The van der Waals surface area contributed by atoms with Crippen molar-refractivity contribution < 1.29 is 33.3 Å². The topological polar surface area (TPSA) is 143 Å². The minimum atomic E-state index is -1.93. The van der Waals surface area contributed by atoms with E-state index in [0.717, 1.165) is 4.57 Å². The number of ether oxygens (including phenoxy) is 3. The Hall–Kier alpha value is -2.37. The highest BCUT2D eigenvalue weighted by Crippen LogP contribution is 2.31. The summed E-state index contributed by atoms with van der Waals surface area (Å²) in [7, 11) is 0. The Bertz CT molecular complexity index is 695. The maximum Gasteiger partial charge on any atom is 0.351 e. The van der Waals surface area contributed by atoms with Crippen molar-refractivity contribution in [3.8, 4) is 0 Å². The van der Waals surface area contributed by atoms with Crippen LogP contribution in [0.4, 0.5) is 10.2 Å². The van der Waals surface area contributed by atoms with Gasteiger partial charge in [0.05, 0.1) is 0 Å². The SMILES string of the molecule is CC(=O)COCC(=O)OCC1OC(n2ccc(N)nc2=O)C(F)C1O. The first-order valence-electron chi connectivity index (χ1n) is 7.34. The molecule has 0 radical (unpaired) electrons. The van der Waals surface area contributed by atoms with Crippen molar-refractivity contribution in [1.29, 1.82) is 0 Å². The van der Waals surface area contributed by atoms with Crippen molar-refractivity contribution in [2.75, 3.05) is 25.6 Å². The van der Waals surface area contributed by atoms with E-state index in [1.54, 1.807) is 0 Å². The third kappa shape index (κ3) is 4.81. The number of hydrogen-bond acceptors (Lipinski definition) is 9. The molecule has 4 atom stereocenters. The van der Waals surface area contributed by atoms with Crippen LogP contribution in [0, 0.1) is 0 Å². The van der Waals surface area contributed by atoms with Gasteiger partial charge in [-0.1, -0.05) is 0 Å². The molecule has 10 nitrogen and oxygen atoms in total. The molecule has 0 bridgehead atoms. The Labute approximate surface area is 141 Å². The van der Waals surface area contributed by atoms with Gasteiger partial charge in [-0.3, -0.25) is 9.36 Å². The van der Waals surface area contributed by atoms with E-state index in [-0.39, 0.29) is 18.2 Å². The maximum absolute atomic E-state index is 14.2. The molecule has 1 aliphatic rings. The first-order valence-corrected chi connectivity index (χ1v) is 7.34. The molecule has 2 rings (SSSR count). The van der Waals surface area contributed by atoms with Gasteiger partial charge in [0.1, 0.15) is 37.8 Å². The van der Waals surface area contributed by atoms with Crippen molar-refractivity contribution >= 4 is 17.6 Å². The zero-order chi connectivity index (χ0) is 18.6. The van der Waals surface area contributed by atoms with Gasteiger partial charge in [0.25, 0.3) is 0 Å². The van der Waals surface area contributed by atoms with Gasteiger partial charge in [-0.05, 0) is 13.0 Å². The van der Waals surface area contributed by atoms with Gasteiger partial charge < -0.3 is 25.1 Å². The summed E-state index contributed by atoms with van der Waals surface area (Å²) in [6, 6.07) is 1.28. The quantitative estimate of drug-likeness (QED) is 0.560. The molecule has 0 aliphatic carbocycles. The monoisotopic (exact) mass is 359 g/mol. The lowest BCUT2D eigenvalue weighted by atomic mass is 10.1. The highest BCUT2D eigenvalue weighted by molar-refractivity contribution is 5.77. The van der Waals surface area contributed by atoms with Crippen LogP contribution < -0.4 is 11.4 Å². The van der Waals surface area contributed by atoms with E-state index >= 15 is 0 Å². The van der Waals surface area contributed by atoms with Crippen LogP contribution in [0.5, 0.6) is 0 Å². The van der Waals surface area contributed by atoms with Crippen molar-refractivity contribution in [2.45, 2.75) is 31.5 Å². The maximum atomic E-state index is 14.2. The van der Waals surface area contributed by atoms with Crippen LogP contribution in [0.2, 0.25) is 0 Å². The van der Waals surface area contributed by atoms with Crippen LogP contribution in [-0.2, 0) is 23.8 Å². The molecule has 0 aromatic carbocycles. The summed E-state index contributed by atoms with van der Waals surface area (Å²) in [5, 5.41) is 9.87. The van der Waals surface area contributed by atoms with Crippen molar-refractivity contribution in [2.24, 2.45) is 0 Å². The predicted molar refractivity (Wildman–Crippen MR) is 80.2 cm³/mol. The Morgan fingerprint density at radius 3 is 2.84 bits per heavy atom. The Kier molecular flexibility index (Phi) is 6.17. The molecule has 1 fully saturated rings. The first-order chi connectivity index (χ1) is 11.8. The molecule has 0 spiro atoms. The minimum Gasteiger partial charge on any atom is -0.461 e. The number of Topliss-reactive ketones (excluding diaryl/α,β-unsaturated/α-hetero) is 1. The van der Waals surface area contributed by atoms with E-state index in [1.165, 1.54) is 19.2 Å². The number of carbonyl (C=O) groups excluding carboxylic acids is 2. The number of aliphatic hydroxyl groups is 1. The normalized spacial score (nSPS) is 25.7. The highest BCUT2D eigenvalue weighted by Gasteiger charge is 2.46. The molecule has 4 unspecified atom stereocenters. The number of rotatable bonds is 7. The average Bonchev–Trinajstić information content (AvgIpc) is 2.81. The molecule has 1 aliphatic heterocycles. The van der Waals surface area contributed by atoms with Crippen LogP contribution in [0.1, 0.15) is 13.2 Å². The number of ketones is 1. The van der Waals surface area contributed by atoms with E-state index in [4.69, 9.17) is 19.9 Å². The number of esters is 1. The van der Waals surface area contributed by atoms with E-state index in [1.807, 2.05) is 0 Å². The number of halogens is 1. The van der Waals surface area contributed by atoms with E-state index < -0.39 is 49.5 Å². The molecule has 1 saturated heterocycles. The number of aliphatic hydroxyl groups excluding tert-OH is 1. The summed E-state index contributed by atoms with van der Waals surface area (Å²) >= 11 is 0. The first kappa shape index (κ1) is 19.0. The zero-order valence-electron chi connectivity index (χ0n) is 13.3. The van der Waals surface area contributed by atoms with Gasteiger partial charge in [0.15, 0.2) is 18.2 Å². The van der Waals surface area contributed by atoms with Crippen molar-refractivity contribution in [3.63, 3.8) is 0 Å². The second kappa shape index (κ2) is 8.14. The van der Waals surface area contributed by atoms with E-state index in [9.17, 15) is 23.9 Å². The smallest absolute Gasteiger partial charge is 0.351 e. The summed E-state index contributed by atoms with van der Waals surface area (Å²) in [6.07, 6.45) is -4.95. The van der Waals surface area contributed by atoms with Crippen LogP contribution in [0.25, 0.3) is 0 Å². The Balaban J connectivity index is 1.92. The lowest BCUT2D eigenvalue weighted by molar-refractivity contribution is -0.155. The third-order valence-corrected chi connectivity index (χ3v) is 3.35. The molecule has 11 heteroatoms. The number of nitrogens with two attached hydrogens (primary N) is 1. The largest absolute Gasteiger partial charge is 0.461 e. The molecule has 3 N–H and O–H groups in total. The number of alkyl halides is 1. The standard InChI is InChI=1S/C14H18FN3O7/c1-7(19)4-23-6-10(20)24-5-8-12(21)11(15)13(25-8)18-3-2-9(16)17-14(18)22/h2-3,8,11-13,21H,4-6H2,1H3,(H2,16,17,22). The molecule has 25 heavy (non-hydrogen) atoms. The predicted octanol–water partition coefficient (Wildman–Crippen LogP) is -1.43. The van der Waals surface area contributed by atoms with Crippen LogP contribution in [0.3, 0.4) is 0 Å². The van der Waals surface area contributed by atoms with Crippen LogP contribution in [-0.4, -0.2) is 64.6 Å². The fraction of sp³-hybridized carbons (Fsp3) is 0.571. The fourth-order valence-electron chi connectivity index (χ4n) is 2.18. The minimum absolute atomic E-state index is 0.0359.